The fraction of sp³-hybridized carbons (Fsp3) is 0.200. The summed E-state index contributed by atoms with van der Waals surface area (Å²) in [5.74, 6) is 0.288. The molecule has 0 atom stereocenters. The molecule has 0 radical (unpaired) electrons. The zero-order valence-electron chi connectivity index (χ0n) is 7.24. The average Bonchev–Trinajstić information content (AvgIpc) is 2.47. The second-order valence-electron chi connectivity index (χ2n) is 3.05. The highest BCUT2D eigenvalue weighted by Gasteiger charge is 2.06. The predicted molar refractivity (Wildman–Crippen MR) is 54.1 cm³/mol. The molecule has 0 fully saturated rings. The zero-order valence-corrected chi connectivity index (χ0v) is 8.06. The van der Waals surface area contributed by atoms with Gasteiger partial charge in [-0.1, -0.05) is 0 Å². The lowest BCUT2D eigenvalue weighted by Crippen LogP contribution is -1.82. The van der Waals surface area contributed by atoms with Crippen LogP contribution in [0.15, 0.2) is 17.5 Å². The molecule has 1 aromatic heterocycles. The van der Waals surface area contributed by atoms with E-state index in [9.17, 15) is 5.11 Å². The van der Waals surface area contributed by atoms with Crippen LogP contribution in [0.2, 0.25) is 0 Å². The van der Waals surface area contributed by atoms with Crippen LogP contribution in [0.4, 0.5) is 0 Å². The number of rotatable bonds is 1. The standard InChI is InChI=1S/C10H10O2S/c1-6-2-8(12)3-9-10(6)7(4-11)5-13-9/h2-3,5,11-12H,4H2,1H3. The summed E-state index contributed by atoms with van der Waals surface area (Å²) in [5, 5.41) is 21.4. The largest absolute Gasteiger partial charge is 0.508 e. The first-order valence-electron chi connectivity index (χ1n) is 4.03. The second-order valence-corrected chi connectivity index (χ2v) is 3.97. The number of aryl methyl sites for hydroxylation is 1. The van der Waals surface area contributed by atoms with E-state index in [0.717, 1.165) is 21.2 Å². The Morgan fingerprint density at radius 1 is 1.38 bits per heavy atom. The van der Waals surface area contributed by atoms with Crippen LogP contribution in [-0.2, 0) is 6.61 Å². The van der Waals surface area contributed by atoms with E-state index in [4.69, 9.17) is 5.11 Å². The zero-order chi connectivity index (χ0) is 9.42. The quantitative estimate of drug-likeness (QED) is 0.731. The van der Waals surface area contributed by atoms with Gasteiger partial charge in [-0.3, -0.25) is 0 Å². The molecule has 0 bridgehead atoms. The Labute approximate surface area is 80.1 Å². The number of phenolic OH excluding ortho intramolecular Hbond substituents is 1. The second kappa shape index (κ2) is 3.01. The summed E-state index contributed by atoms with van der Waals surface area (Å²) in [5.41, 5.74) is 1.96. The van der Waals surface area contributed by atoms with Gasteiger partial charge in [-0.2, -0.15) is 0 Å². The molecule has 2 N–H and O–H groups in total. The van der Waals surface area contributed by atoms with Gasteiger partial charge < -0.3 is 10.2 Å². The fourth-order valence-electron chi connectivity index (χ4n) is 1.55. The minimum Gasteiger partial charge on any atom is -0.508 e. The third-order valence-corrected chi connectivity index (χ3v) is 3.08. The number of thiophene rings is 1. The minimum absolute atomic E-state index is 0.0611. The van der Waals surface area contributed by atoms with E-state index in [1.165, 1.54) is 0 Å². The van der Waals surface area contributed by atoms with Crippen LogP contribution in [0.1, 0.15) is 11.1 Å². The van der Waals surface area contributed by atoms with Crippen LogP contribution >= 0.6 is 11.3 Å². The number of benzene rings is 1. The number of hydrogen-bond acceptors (Lipinski definition) is 3. The van der Waals surface area contributed by atoms with Gasteiger partial charge in [0.15, 0.2) is 0 Å². The Balaban J connectivity index is 2.82. The minimum atomic E-state index is 0.0611. The Morgan fingerprint density at radius 2 is 2.15 bits per heavy atom. The van der Waals surface area contributed by atoms with Crippen molar-refractivity contribution in [2.45, 2.75) is 13.5 Å². The maximum atomic E-state index is 9.34. The topological polar surface area (TPSA) is 40.5 Å². The van der Waals surface area contributed by atoms with Gasteiger partial charge >= 0.3 is 0 Å². The van der Waals surface area contributed by atoms with E-state index >= 15 is 0 Å². The van der Waals surface area contributed by atoms with Crippen LogP contribution in [0, 0.1) is 6.92 Å². The van der Waals surface area contributed by atoms with Gasteiger partial charge in [0.1, 0.15) is 5.75 Å². The molecule has 0 saturated carbocycles. The van der Waals surface area contributed by atoms with E-state index in [1.54, 1.807) is 23.5 Å². The average molecular weight is 194 g/mol. The molecular weight excluding hydrogens is 184 g/mol. The van der Waals surface area contributed by atoms with Crippen LogP contribution in [-0.4, -0.2) is 10.2 Å². The first kappa shape index (κ1) is 8.53. The molecule has 68 valence electrons. The lowest BCUT2D eigenvalue weighted by atomic mass is 10.1. The molecule has 0 aliphatic carbocycles. The summed E-state index contributed by atoms with van der Waals surface area (Å²) in [7, 11) is 0. The Hall–Kier alpha value is -1.06. The van der Waals surface area contributed by atoms with Crippen molar-refractivity contribution in [2.24, 2.45) is 0 Å². The highest BCUT2D eigenvalue weighted by Crippen LogP contribution is 2.32. The summed E-state index contributed by atoms with van der Waals surface area (Å²) in [6.45, 7) is 2.00. The van der Waals surface area contributed by atoms with Crippen molar-refractivity contribution in [1.82, 2.24) is 0 Å². The summed E-state index contributed by atoms with van der Waals surface area (Å²) >= 11 is 1.55. The molecule has 1 heterocycles. The summed E-state index contributed by atoms with van der Waals surface area (Å²) in [6, 6.07) is 3.44. The Morgan fingerprint density at radius 3 is 2.85 bits per heavy atom. The highest BCUT2D eigenvalue weighted by molar-refractivity contribution is 7.17. The van der Waals surface area contributed by atoms with Crippen molar-refractivity contribution in [3.05, 3.63) is 28.6 Å². The maximum absolute atomic E-state index is 9.34. The highest BCUT2D eigenvalue weighted by atomic mass is 32.1. The number of aliphatic hydroxyl groups is 1. The van der Waals surface area contributed by atoms with Gasteiger partial charge in [-0.05, 0) is 35.6 Å². The van der Waals surface area contributed by atoms with Gasteiger partial charge in [0.25, 0.3) is 0 Å². The molecule has 2 nitrogen and oxygen atoms in total. The maximum Gasteiger partial charge on any atom is 0.117 e. The summed E-state index contributed by atoms with van der Waals surface area (Å²) in [4.78, 5) is 0. The molecule has 2 rings (SSSR count). The van der Waals surface area contributed by atoms with E-state index in [2.05, 4.69) is 0 Å². The predicted octanol–water partition coefficient (Wildman–Crippen LogP) is 2.41. The lowest BCUT2D eigenvalue weighted by Gasteiger charge is -2.00. The molecule has 0 unspecified atom stereocenters. The van der Waals surface area contributed by atoms with Crippen molar-refractivity contribution in [3.63, 3.8) is 0 Å². The molecule has 3 heteroatoms. The number of aromatic hydroxyl groups is 1. The SMILES string of the molecule is Cc1cc(O)cc2scc(CO)c12. The Kier molecular flexibility index (Phi) is 1.98. The van der Waals surface area contributed by atoms with Crippen molar-refractivity contribution < 1.29 is 10.2 Å². The van der Waals surface area contributed by atoms with Crippen molar-refractivity contribution in [1.29, 1.82) is 0 Å². The van der Waals surface area contributed by atoms with Crippen molar-refractivity contribution in [2.75, 3.05) is 0 Å². The van der Waals surface area contributed by atoms with Gasteiger partial charge in [0.2, 0.25) is 0 Å². The normalized spacial score (nSPS) is 10.9. The number of hydrogen-bond donors (Lipinski definition) is 2. The van der Waals surface area contributed by atoms with Gasteiger partial charge in [0.05, 0.1) is 6.61 Å². The van der Waals surface area contributed by atoms with Crippen molar-refractivity contribution >= 4 is 21.4 Å². The molecule has 0 saturated heterocycles. The van der Waals surface area contributed by atoms with Crippen LogP contribution < -0.4 is 0 Å². The first-order valence-corrected chi connectivity index (χ1v) is 4.91. The monoisotopic (exact) mass is 194 g/mol. The first-order chi connectivity index (χ1) is 6.22. The molecule has 2 aromatic rings. The number of fused-ring (bicyclic) bond motifs is 1. The van der Waals surface area contributed by atoms with Crippen LogP contribution in [0.5, 0.6) is 5.75 Å². The smallest absolute Gasteiger partial charge is 0.117 e. The van der Waals surface area contributed by atoms with E-state index in [1.807, 2.05) is 12.3 Å². The molecule has 1 aromatic carbocycles. The molecule has 0 aliphatic heterocycles. The molecular formula is C10H10O2S. The molecule has 13 heavy (non-hydrogen) atoms. The van der Waals surface area contributed by atoms with Crippen LogP contribution in [0.3, 0.4) is 0 Å². The molecule has 0 aliphatic rings. The summed E-state index contributed by atoms with van der Waals surface area (Å²) < 4.78 is 1.03. The summed E-state index contributed by atoms with van der Waals surface area (Å²) in [6.07, 6.45) is 0. The fourth-order valence-corrected chi connectivity index (χ4v) is 2.61. The van der Waals surface area contributed by atoms with Crippen LogP contribution in [0.25, 0.3) is 10.1 Å². The number of phenols is 1. The third kappa shape index (κ3) is 1.30. The van der Waals surface area contributed by atoms with E-state index in [-0.39, 0.29) is 12.4 Å². The van der Waals surface area contributed by atoms with Crippen molar-refractivity contribution in [3.8, 4) is 5.75 Å². The molecule has 0 amide bonds. The Bertz CT molecular complexity index is 445. The third-order valence-electron chi connectivity index (χ3n) is 2.10. The lowest BCUT2D eigenvalue weighted by molar-refractivity contribution is 0.283. The van der Waals surface area contributed by atoms with Gasteiger partial charge in [-0.25, -0.2) is 0 Å². The van der Waals surface area contributed by atoms with Gasteiger partial charge in [-0.15, -0.1) is 11.3 Å². The molecule has 0 spiro atoms. The van der Waals surface area contributed by atoms with E-state index < -0.39 is 0 Å². The number of aliphatic hydroxyl groups excluding tert-OH is 1. The van der Waals surface area contributed by atoms with Gasteiger partial charge in [0, 0.05) is 10.1 Å². The van der Waals surface area contributed by atoms with E-state index in [0.29, 0.717) is 0 Å².